The van der Waals surface area contributed by atoms with Gasteiger partial charge in [0.15, 0.2) is 5.82 Å². The van der Waals surface area contributed by atoms with E-state index in [0.717, 1.165) is 5.56 Å². The van der Waals surface area contributed by atoms with Crippen molar-refractivity contribution in [1.82, 2.24) is 14.8 Å². The average molecular weight is 246 g/mol. The molecular formula is C12H14N4O2. The summed E-state index contributed by atoms with van der Waals surface area (Å²) in [6.45, 7) is 1.93. The first-order valence-electron chi connectivity index (χ1n) is 5.41. The Morgan fingerprint density at radius 2 is 2.28 bits per heavy atom. The highest BCUT2D eigenvalue weighted by molar-refractivity contribution is 5.96. The average Bonchev–Trinajstić information content (AvgIpc) is 2.67. The van der Waals surface area contributed by atoms with Gasteiger partial charge in [-0.2, -0.15) is 5.10 Å². The van der Waals surface area contributed by atoms with Gasteiger partial charge in [0.25, 0.3) is 0 Å². The van der Waals surface area contributed by atoms with E-state index in [-0.39, 0.29) is 0 Å². The van der Waals surface area contributed by atoms with E-state index in [4.69, 9.17) is 4.74 Å². The van der Waals surface area contributed by atoms with Crippen LogP contribution in [0.5, 0.6) is 0 Å². The second-order valence-electron chi connectivity index (χ2n) is 3.87. The summed E-state index contributed by atoms with van der Waals surface area (Å²) in [5.74, 6) is 0.282. The van der Waals surface area contributed by atoms with Crippen LogP contribution in [0.3, 0.4) is 0 Å². The van der Waals surface area contributed by atoms with Crippen molar-refractivity contribution in [3.05, 3.63) is 35.8 Å². The molecule has 0 spiro atoms. The van der Waals surface area contributed by atoms with E-state index >= 15 is 0 Å². The Bertz CT molecular complexity index is 577. The normalized spacial score (nSPS) is 10.2. The molecule has 0 unspecified atom stereocenters. The molecule has 6 nitrogen and oxygen atoms in total. The molecule has 94 valence electrons. The maximum Gasteiger partial charge on any atom is 0.340 e. The number of esters is 1. The van der Waals surface area contributed by atoms with Crippen LogP contribution in [0.15, 0.2) is 24.7 Å². The second kappa shape index (κ2) is 4.87. The number of aryl methyl sites for hydroxylation is 2. The third-order valence-electron chi connectivity index (χ3n) is 2.49. The molecule has 2 aromatic rings. The highest BCUT2D eigenvalue weighted by atomic mass is 16.5. The van der Waals surface area contributed by atoms with Crippen molar-refractivity contribution in [2.75, 3.05) is 12.4 Å². The maximum atomic E-state index is 11.6. The van der Waals surface area contributed by atoms with Crippen LogP contribution in [0.25, 0.3) is 0 Å². The number of anilines is 2. The van der Waals surface area contributed by atoms with Crippen molar-refractivity contribution in [1.29, 1.82) is 0 Å². The number of hydrogen-bond acceptors (Lipinski definition) is 5. The molecule has 2 aromatic heterocycles. The lowest BCUT2D eigenvalue weighted by molar-refractivity contribution is 0.0602. The third-order valence-corrected chi connectivity index (χ3v) is 2.49. The minimum absolute atomic E-state index is 0.409. The minimum atomic E-state index is -0.409. The monoisotopic (exact) mass is 246 g/mol. The summed E-state index contributed by atoms with van der Waals surface area (Å²) in [6.07, 6.45) is 5.00. The first-order chi connectivity index (χ1) is 8.61. The van der Waals surface area contributed by atoms with Crippen LogP contribution >= 0.6 is 0 Å². The molecule has 0 amide bonds. The van der Waals surface area contributed by atoms with E-state index in [1.807, 2.05) is 20.2 Å². The van der Waals surface area contributed by atoms with Gasteiger partial charge in [0.1, 0.15) is 0 Å². The SMILES string of the molecule is COC(=O)c1ccncc1Nc1nn(C)cc1C. The van der Waals surface area contributed by atoms with Gasteiger partial charge in [-0.1, -0.05) is 0 Å². The Balaban J connectivity index is 2.34. The van der Waals surface area contributed by atoms with Crippen LogP contribution < -0.4 is 5.32 Å². The Morgan fingerprint density at radius 1 is 1.50 bits per heavy atom. The largest absolute Gasteiger partial charge is 0.465 e. The molecule has 0 saturated heterocycles. The standard InChI is InChI=1S/C12H14N4O2/c1-8-7-16(2)15-11(8)14-10-6-13-5-4-9(10)12(17)18-3/h4-7H,1-3H3,(H,14,15). The van der Waals surface area contributed by atoms with Gasteiger partial charge >= 0.3 is 5.97 Å². The van der Waals surface area contributed by atoms with E-state index in [1.54, 1.807) is 23.1 Å². The lowest BCUT2D eigenvalue weighted by Gasteiger charge is -2.08. The fraction of sp³-hybridized carbons (Fsp3) is 0.250. The van der Waals surface area contributed by atoms with Crippen LogP contribution in [0, 0.1) is 6.92 Å². The summed E-state index contributed by atoms with van der Waals surface area (Å²) in [7, 11) is 3.18. The zero-order valence-corrected chi connectivity index (χ0v) is 10.5. The van der Waals surface area contributed by atoms with E-state index in [0.29, 0.717) is 17.1 Å². The van der Waals surface area contributed by atoms with Crippen LogP contribution in [0.4, 0.5) is 11.5 Å². The maximum absolute atomic E-state index is 11.6. The molecule has 1 N–H and O–H groups in total. The van der Waals surface area contributed by atoms with Gasteiger partial charge in [0.05, 0.1) is 24.6 Å². The molecule has 0 fully saturated rings. The van der Waals surface area contributed by atoms with Gasteiger partial charge in [-0.25, -0.2) is 4.79 Å². The second-order valence-corrected chi connectivity index (χ2v) is 3.87. The van der Waals surface area contributed by atoms with Crippen molar-refractivity contribution in [3.63, 3.8) is 0 Å². The molecule has 0 bridgehead atoms. The topological polar surface area (TPSA) is 69.0 Å². The molecule has 18 heavy (non-hydrogen) atoms. The quantitative estimate of drug-likeness (QED) is 0.834. The van der Waals surface area contributed by atoms with Gasteiger partial charge in [-0.05, 0) is 13.0 Å². The Kier molecular flexibility index (Phi) is 3.27. The molecule has 0 aliphatic carbocycles. The lowest BCUT2D eigenvalue weighted by Crippen LogP contribution is -2.06. The molecule has 0 atom stereocenters. The predicted octanol–water partition coefficient (Wildman–Crippen LogP) is 1.65. The first-order valence-corrected chi connectivity index (χ1v) is 5.41. The molecule has 0 aliphatic rings. The smallest absolute Gasteiger partial charge is 0.340 e. The number of hydrogen-bond donors (Lipinski definition) is 1. The molecule has 0 saturated carbocycles. The van der Waals surface area contributed by atoms with Crippen molar-refractivity contribution >= 4 is 17.5 Å². The third kappa shape index (κ3) is 2.32. The molecule has 0 aliphatic heterocycles. The Labute approximate surface area is 105 Å². The Hall–Kier alpha value is -2.37. The molecule has 2 heterocycles. The van der Waals surface area contributed by atoms with Crippen LogP contribution in [-0.4, -0.2) is 27.8 Å². The number of aromatic nitrogens is 3. The summed E-state index contributed by atoms with van der Waals surface area (Å²) < 4.78 is 6.42. The van der Waals surface area contributed by atoms with Crippen LogP contribution in [0.1, 0.15) is 15.9 Å². The van der Waals surface area contributed by atoms with E-state index < -0.39 is 5.97 Å². The first kappa shape index (κ1) is 12.1. The zero-order chi connectivity index (χ0) is 13.1. The summed E-state index contributed by atoms with van der Waals surface area (Å²) >= 11 is 0. The summed E-state index contributed by atoms with van der Waals surface area (Å²) in [5, 5.41) is 7.34. The molecule has 2 rings (SSSR count). The van der Waals surface area contributed by atoms with Crippen molar-refractivity contribution in [3.8, 4) is 0 Å². The fourth-order valence-electron chi connectivity index (χ4n) is 1.64. The molecule has 0 radical (unpaired) electrons. The zero-order valence-electron chi connectivity index (χ0n) is 10.5. The molecule has 0 aromatic carbocycles. The number of ether oxygens (including phenoxy) is 1. The number of carbonyl (C=O) groups is 1. The van der Waals surface area contributed by atoms with Gasteiger partial charge in [0.2, 0.25) is 0 Å². The number of methoxy groups -OCH3 is 1. The summed E-state index contributed by atoms with van der Waals surface area (Å²) in [4.78, 5) is 15.6. The number of nitrogens with zero attached hydrogens (tertiary/aromatic N) is 3. The number of carbonyl (C=O) groups excluding carboxylic acids is 1. The lowest BCUT2D eigenvalue weighted by atomic mass is 10.2. The number of pyridine rings is 1. The van der Waals surface area contributed by atoms with Gasteiger partial charge < -0.3 is 10.1 Å². The van der Waals surface area contributed by atoms with E-state index in [9.17, 15) is 4.79 Å². The fourth-order valence-corrected chi connectivity index (χ4v) is 1.64. The van der Waals surface area contributed by atoms with E-state index in [2.05, 4.69) is 15.4 Å². The van der Waals surface area contributed by atoms with E-state index in [1.165, 1.54) is 7.11 Å². The minimum Gasteiger partial charge on any atom is -0.465 e. The highest BCUT2D eigenvalue weighted by Gasteiger charge is 2.13. The molecular weight excluding hydrogens is 232 g/mol. The highest BCUT2D eigenvalue weighted by Crippen LogP contribution is 2.21. The van der Waals surface area contributed by atoms with Crippen LogP contribution in [0.2, 0.25) is 0 Å². The number of rotatable bonds is 3. The predicted molar refractivity (Wildman–Crippen MR) is 66.8 cm³/mol. The van der Waals surface area contributed by atoms with Gasteiger partial charge in [-0.3, -0.25) is 9.67 Å². The summed E-state index contributed by atoms with van der Waals surface area (Å²) in [6, 6.07) is 1.60. The van der Waals surface area contributed by atoms with Gasteiger partial charge in [-0.15, -0.1) is 0 Å². The van der Waals surface area contributed by atoms with Crippen molar-refractivity contribution in [2.24, 2.45) is 7.05 Å². The summed E-state index contributed by atoms with van der Waals surface area (Å²) in [5.41, 5.74) is 1.99. The number of nitrogens with one attached hydrogen (secondary N) is 1. The van der Waals surface area contributed by atoms with Crippen molar-refractivity contribution < 1.29 is 9.53 Å². The van der Waals surface area contributed by atoms with Crippen LogP contribution in [-0.2, 0) is 11.8 Å². The van der Waals surface area contributed by atoms with Gasteiger partial charge in [0, 0.05) is 25.0 Å². The Morgan fingerprint density at radius 3 is 2.89 bits per heavy atom. The molecule has 6 heteroatoms. The van der Waals surface area contributed by atoms with Crippen molar-refractivity contribution in [2.45, 2.75) is 6.92 Å².